The largest absolute Gasteiger partial charge is 0.327 e. The van der Waals surface area contributed by atoms with E-state index in [0.29, 0.717) is 12.0 Å². The lowest BCUT2D eigenvalue weighted by atomic mass is 9.78. The monoisotopic (exact) mass is 255 g/mol. The first-order valence-electron chi connectivity index (χ1n) is 7.23. The van der Waals surface area contributed by atoms with Gasteiger partial charge in [-0.3, -0.25) is 4.90 Å². The second kappa shape index (κ2) is 5.32. The van der Waals surface area contributed by atoms with E-state index in [1.807, 2.05) is 18.2 Å². The van der Waals surface area contributed by atoms with Gasteiger partial charge in [0.05, 0.1) is 11.6 Å². The van der Waals surface area contributed by atoms with Gasteiger partial charge in [0.1, 0.15) is 0 Å². The third kappa shape index (κ3) is 2.65. The Morgan fingerprint density at radius 1 is 1.32 bits per heavy atom. The summed E-state index contributed by atoms with van der Waals surface area (Å²) in [5.74, 6) is 1.48. The van der Waals surface area contributed by atoms with Crippen molar-refractivity contribution in [3.05, 3.63) is 35.4 Å². The molecule has 2 aliphatic rings. The first-order valence-corrected chi connectivity index (χ1v) is 7.23. The van der Waals surface area contributed by atoms with Crippen molar-refractivity contribution in [2.75, 3.05) is 13.1 Å². The number of hydrogen-bond donors (Lipinski definition) is 1. The van der Waals surface area contributed by atoms with Crippen molar-refractivity contribution in [3.8, 4) is 6.07 Å². The average Bonchev–Trinajstić information content (AvgIpc) is 2.83. The fraction of sp³-hybridized carbons (Fsp3) is 0.562. The van der Waals surface area contributed by atoms with E-state index in [1.54, 1.807) is 0 Å². The highest BCUT2D eigenvalue weighted by Crippen LogP contribution is 2.36. The average molecular weight is 255 g/mol. The van der Waals surface area contributed by atoms with Gasteiger partial charge in [-0.2, -0.15) is 5.26 Å². The molecule has 3 unspecified atom stereocenters. The van der Waals surface area contributed by atoms with Crippen LogP contribution >= 0.6 is 0 Å². The minimum absolute atomic E-state index is 0.397. The van der Waals surface area contributed by atoms with Crippen LogP contribution in [0.15, 0.2) is 24.3 Å². The highest BCUT2D eigenvalue weighted by molar-refractivity contribution is 5.32. The van der Waals surface area contributed by atoms with Gasteiger partial charge in [0.25, 0.3) is 0 Å². The molecule has 0 aromatic heterocycles. The summed E-state index contributed by atoms with van der Waals surface area (Å²) in [5, 5.41) is 8.95. The van der Waals surface area contributed by atoms with E-state index >= 15 is 0 Å². The summed E-state index contributed by atoms with van der Waals surface area (Å²) >= 11 is 0. The van der Waals surface area contributed by atoms with Crippen LogP contribution < -0.4 is 5.73 Å². The molecular weight excluding hydrogens is 234 g/mol. The maximum atomic E-state index is 8.95. The van der Waals surface area contributed by atoms with Crippen molar-refractivity contribution >= 4 is 0 Å². The van der Waals surface area contributed by atoms with Crippen LogP contribution in [0.25, 0.3) is 0 Å². The number of nitriles is 1. The van der Waals surface area contributed by atoms with Gasteiger partial charge in [0.15, 0.2) is 0 Å². The molecule has 2 N–H and O–H groups in total. The molecule has 0 spiro atoms. The number of benzene rings is 1. The summed E-state index contributed by atoms with van der Waals surface area (Å²) in [6.07, 6.45) is 3.83. The van der Waals surface area contributed by atoms with Gasteiger partial charge in [-0.25, -0.2) is 0 Å². The predicted octanol–water partition coefficient (Wildman–Crippen LogP) is 2.12. The number of rotatable bonds is 2. The van der Waals surface area contributed by atoms with E-state index in [9.17, 15) is 0 Å². The quantitative estimate of drug-likeness (QED) is 0.880. The maximum absolute atomic E-state index is 8.95. The Morgan fingerprint density at radius 2 is 2.21 bits per heavy atom. The molecule has 0 bridgehead atoms. The van der Waals surface area contributed by atoms with Crippen LogP contribution in [-0.4, -0.2) is 24.0 Å². The van der Waals surface area contributed by atoms with Crippen LogP contribution in [0.2, 0.25) is 0 Å². The third-order valence-electron chi connectivity index (χ3n) is 4.69. The van der Waals surface area contributed by atoms with Crippen LogP contribution in [0.3, 0.4) is 0 Å². The summed E-state index contributed by atoms with van der Waals surface area (Å²) in [4.78, 5) is 2.51. The zero-order valence-corrected chi connectivity index (χ0v) is 11.3. The Hall–Kier alpha value is -1.37. The lowest BCUT2D eigenvalue weighted by Crippen LogP contribution is -2.38. The summed E-state index contributed by atoms with van der Waals surface area (Å²) < 4.78 is 0. The van der Waals surface area contributed by atoms with Crippen molar-refractivity contribution < 1.29 is 0 Å². The van der Waals surface area contributed by atoms with E-state index in [0.717, 1.165) is 24.6 Å². The number of likely N-dealkylation sites (tertiary alicyclic amines) is 1. The smallest absolute Gasteiger partial charge is 0.0991 e. The third-order valence-corrected chi connectivity index (χ3v) is 4.69. The zero-order chi connectivity index (χ0) is 13.2. The van der Waals surface area contributed by atoms with Gasteiger partial charge >= 0.3 is 0 Å². The van der Waals surface area contributed by atoms with E-state index in [4.69, 9.17) is 11.0 Å². The molecule has 1 saturated carbocycles. The Bertz CT molecular complexity index is 491. The number of fused-ring (bicyclic) bond motifs is 1. The minimum Gasteiger partial charge on any atom is -0.327 e. The van der Waals surface area contributed by atoms with Crippen LogP contribution in [0, 0.1) is 23.2 Å². The van der Waals surface area contributed by atoms with Crippen molar-refractivity contribution in [3.63, 3.8) is 0 Å². The molecule has 100 valence electrons. The van der Waals surface area contributed by atoms with Crippen molar-refractivity contribution in [1.29, 1.82) is 5.26 Å². The molecule has 0 radical (unpaired) electrons. The minimum atomic E-state index is 0.397. The molecule has 1 aromatic rings. The molecule has 0 amide bonds. The molecule has 1 aromatic carbocycles. The molecule has 3 atom stereocenters. The van der Waals surface area contributed by atoms with Crippen LogP contribution in [0.1, 0.15) is 30.4 Å². The molecule has 19 heavy (non-hydrogen) atoms. The van der Waals surface area contributed by atoms with E-state index < -0.39 is 0 Å². The van der Waals surface area contributed by atoms with Gasteiger partial charge in [0.2, 0.25) is 0 Å². The number of nitrogens with two attached hydrogens (primary N) is 1. The standard InChI is InChI=1S/C16H21N3/c17-8-12-3-1-4-13(7-12)9-19-10-14-5-2-6-16(18)15(14)11-19/h1,3-4,7,14-16H,2,5-6,9-11,18H2. The molecular formula is C16H21N3. The van der Waals surface area contributed by atoms with Gasteiger partial charge in [0, 0.05) is 25.7 Å². The second-order valence-electron chi connectivity index (χ2n) is 6.02. The lowest BCUT2D eigenvalue weighted by molar-refractivity contribution is 0.259. The van der Waals surface area contributed by atoms with Gasteiger partial charge in [-0.1, -0.05) is 18.6 Å². The number of hydrogen-bond acceptors (Lipinski definition) is 3. The molecule has 3 rings (SSSR count). The Balaban J connectivity index is 1.66. The summed E-state index contributed by atoms with van der Waals surface area (Å²) in [6, 6.07) is 10.6. The summed E-state index contributed by atoms with van der Waals surface area (Å²) in [5.41, 5.74) is 8.25. The predicted molar refractivity (Wildman–Crippen MR) is 75.2 cm³/mol. The van der Waals surface area contributed by atoms with Crippen molar-refractivity contribution in [2.24, 2.45) is 17.6 Å². The fourth-order valence-electron chi connectivity index (χ4n) is 3.74. The molecule has 1 aliphatic carbocycles. The van der Waals surface area contributed by atoms with Crippen LogP contribution in [-0.2, 0) is 6.54 Å². The molecule has 1 aliphatic heterocycles. The normalized spacial score (nSPS) is 30.8. The van der Waals surface area contributed by atoms with E-state index in [2.05, 4.69) is 17.0 Å². The molecule has 1 heterocycles. The van der Waals surface area contributed by atoms with Gasteiger partial charge in [-0.15, -0.1) is 0 Å². The summed E-state index contributed by atoms with van der Waals surface area (Å²) in [7, 11) is 0. The first-order chi connectivity index (χ1) is 9.26. The SMILES string of the molecule is N#Cc1cccc(CN2CC3CCCC(N)C3C2)c1. The Labute approximate surface area is 115 Å². The molecule has 1 saturated heterocycles. The van der Waals surface area contributed by atoms with Crippen molar-refractivity contribution in [2.45, 2.75) is 31.8 Å². The summed E-state index contributed by atoms with van der Waals surface area (Å²) in [6.45, 7) is 3.26. The van der Waals surface area contributed by atoms with E-state index in [1.165, 1.54) is 31.4 Å². The topological polar surface area (TPSA) is 53.0 Å². The van der Waals surface area contributed by atoms with Crippen molar-refractivity contribution in [1.82, 2.24) is 4.90 Å². The first kappa shape index (κ1) is 12.7. The van der Waals surface area contributed by atoms with Gasteiger partial charge < -0.3 is 5.73 Å². The maximum Gasteiger partial charge on any atom is 0.0991 e. The lowest BCUT2D eigenvalue weighted by Gasteiger charge is -2.29. The fourth-order valence-corrected chi connectivity index (χ4v) is 3.74. The van der Waals surface area contributed by atoms with Gasteiger partial charge in [-0.05, 0) is 42.4 Å². The van der Waals surface area contributed by atoms with Crippen LogP contribution in [0.4, 0.5) is 0 Å². The molecule has 3 nitrogen and oxygen atoms in total. The highest BCUT2D eigenvalue weighted by atomic mass is 15.2. The Kier molecular flexibility index (Phi) is 3.54. The molecule has 2 fully saturated rings. The number of nitrogens with zero attached hydrogens (tertiary/aromatic N) is 2. The zero-order valence-electron chi connectivity index (χ0n) is 11.3. The van der Waals surface area contributed by atoms with Crippen LogP contribution in [0.5, 0.6) is 0 Å². The molecule has 3 heteroatoms. The van der Waals surface area contributed by atoms with E-state index in [-0.39, 0.29) is 0 Å². The highest BCUT2D eigenvalue weighted by Gasteiger charge is 2.38. The Morgan fingerprint density at radius 3 is 3.00 bits per heavy atom. The second-order valence-corrected chi connectivity index (χ2v) is 6.02.